The van der Waals surface area contributed by atoms with Crippen LogP contribution in [-0.2, 0) is 11.3 Å². The monoisotopic (exact) mass is 430 g/mol. The van der Waals surface area contributed by atoms with Crippen LogP contribution in [0.4, 0.5) is 5.00 Å². The lowest BCUT2D eigenvalue weighted by atomic mass is 10.1. The number of thiophene rings is 1. The molecule has 3 N–H and O–H groups in total. The smallest absolute Gasteiger partial charge is 0.341 e. The molecule has 0 bridgehead atoms. The lowest BCUT2D eigenvalue weighted by molar-refractivity contribution is 0.0527. The summed E-state index contributed by atoms with van der Waals surface area (Å²) in [6.45, 7) is 7.61. The number of anilines is 1. The molecule has 0 spiro atoms. The summed E-state index contributed by atoms with van der Waals surface area (Å²) < 4.78 is 12.5. The number of furan rings is 1. The maximum atomic E-state index is 12.7. The highest BCUT2D eigenvalue weighted by Gasteiger charge is 2.26. The number of nitrogens with two attached hydrogens (primary N) is 1. The van der Waals surface area contributed by atoms with Crippen molar-refractivity contribution >= 4 is 34.1 Å². The van der Waals surface area contributed by atoms with Crippen molar-refractivity contribution in [3.8, 4) is 0 Å². The molecule has 10 heteroatoms. The van der Waals surface area contributed by atoms with Gasteiger partial charge in [-0.15, -0.1) is 11.3 Å². The van der Waals surface area contributed by atoms with E-state index in [9.17, 15) is 14.4 Å². The second-order valence-electron chi connectivity index (χ2n) is 6.65. The van der Waals surface area contributed by atoms with Crippen molar-refractivity contribution in [2.24, 2.45) is 5.73 Å². The van der Waals surface area contributed by atoms with Crippen LogP contribution in [0.15, 0.2) is 22.6 Å². The SMILES string of the molecule is CCOC(=O)c1c(NC(=O)c2ccc(Cn3nc(C)cc3C)o2)sc(C(N)=O)c1C. The zero-order valence-corrected chi connectivity index (χ0v) is 17.9. The summed E-state index contributed by atoms with van der Waals surface area (Å²) in [6.07, 6.45) is 0. The fourth-order valence-corrected chi connectivity index (χ4v) is 4.06. The molecular weight excluding hydrogens is 408 g/mol. The Bertz CT molecular complexity index is 1120. The Morgan fingerprint density at radius 1 is 1.27 bits per heavy atom. The van der Waals surface area contributed by atoms with Gasteiger partial charge in [0.05, 0.1) is 29.3 Å². The van der Waals surface area contributed by atoms with Crippen LogP contribution in [0.2, 0.25) is 0 Å². The molecule has 3 aromatic rings. The molecule has 158 valence electrons. The topological polar surface area (TPSA) is 129 Å². The van der Waals surface area contributed by atoms with Crippen LogP contribution >= 0.6 is 11.3 Å². The molecule has 9 nitrogen and oxygen atoms in total. The van der Waals surface area contributed by atoms with Crippen LogP contribution in [0.1, 0.15) is 60.2 Å². The number of nitrogens with zero attached hydrogens (tertiary/aromatic N) is 2. The first-order valence-corrected chi connectivity index (χ1v) is 10.0. The molecule has 0 saturated carbocycles. The Labute approximate surface area is 176 Å². The first-order chi connectivity index (χ1) is 14.2. The minimum absolute atomic E-state index is 0.0630. The van der Waals surface area contributed by atoms with Crippen molar-refractivity contribution in [1.29, 1.82) is 0 Å². The molecule has 0 aliphatic rings. The van der Waals surface area contributed by atoms with E-state index in [1.165, 1.54) is 6.07 Å². The lowest BCUT2D eigenvalue weighted by Crippen LogP contribution is -2.14. The number of carbonyl (C=O) groups excluding carboxylic acids is 3. The van der Waals surface area contributed by atoms with Crippen LogP contribution in [0.25, 0.3) is 0 Å². The van der Waals surface area contributed by atoms with E-state index in [2.05, 4.69) is 10.4 Å². The van der Waals surface area contributed by atoms with Crippen LogP contribution in [-0.4, -0.2) is 34.2 Å². The fraction of sp³-hybridized carbons (Fsp3) is 0.300. The van der Waals surface area contributed by atoms with Crippen molar-refractivity contribution in [1.82, 2.24) is 9.78 Å². The average Bonchev–Trinajstić information content (AvgIpc) is 3.34. The number of rotatable bonds is 7. The average molecular weight is 430 g/mol. The van der Waals surface area contributed by atoms with Gasteiger partial charge in [-0.2, -0.15) is 5.10 Å². The second-order valence-corrected chi connectivity index (χ2v) is 7.67. The molecule has 0 aromatic carbocycles. The normalized spacial score (nSPS) is 10.8. The molecule has 0 fully saturated rings. The summed E-state index contributed by atoms with van der Waals surface area (Å²) >= 11 is 0.922. The summed E-state index contributed by atoms with van der Waals surface area (Å²) in [4.78, 5) is 36.9. The molecule has 0 saturated heterocycles. The summed E-state index contributed by atoms with van der Waals surface area (Å²) in [5.41, 5.74) is 7.72. The summed E-state index contributed by atoms with van der Waals surface area (Å²) in [7, 11) is 0. The number of hydrogen-bond donors (Lipinski definition) is 2. The first-order valence-electron chi connectivity index (χ1n) is 9.22. The third-order valence-electron chi connectivity index (χ3n) is 4.37. The standard InChI is InChI=1S/C20H22N4O5S/c1-5-28-20(27)15-12(4)16(17(21)25)30-19(15)22-18(26)14-7-6-13(29-14)9-24-11(3)8-10(2)23-24/h6-8H,5,9H2,1-4H3,(H2,21,25)(H,22,26). The fourth-order valence-electron chi connectivity index (χ4n) is 3.02. The zero-order chi connectivity index (χ0) is 22.0. The van der Waals surface area contributed by atoms with E-state index in [1.807, 2.05) is 19.9 Å². The van der Waals surface area contributed by atoms with E-state index >= 15 is 0 Å². The van der Waals surface area contributed by atoms with Crippen LogP contribution in [0, 0.1) is 20.8 Å². The number of nitrogens with one attached hydrogen (secondary N) is 1. The number of ether oxygens (including phenoxy) is 1. The minimum Gasteiger partial charge on any atom is -0.462 e. The first kappa shape index (κ1) is 21.3. The van der Waals surface area contributed by atoms with Crippen LogP contribution in [0.5, 0.6) is 0 Å². The van der Waals surface area contributed by atoms with Crippen LogP contribution in [0.3, 0.4) is 0 Å². The van der Waals surface area contributed by atoms with Gasteiger partial charge in [0.2, 0.25) is 0 Å². The van der Waals surface area contributed by atoms with Crippen molar-refractivity contribution in [3.05, 3.63) is 57.1 Å². The predicted molar refractivity (Wildman–Crippen MR) is 111 cm³/mol. The maximum Gasteiger partial charge on any atom is 0.341 e. The van der Waals surface area contributed by atoms with Gasteiger partial charge in [0.15, 0.2) is 5.76 Å². The molecule has 0 radical (unpaired) electrons. The third kappa shape index (κ3) is 4.28. The van der Waals surface area contributed by atoms with Gasteiger partial charge < -0.3 is 20.2 Å². The van der Waals surface area contributed by atoms with Gasteiger partial charge in [-0.25, -0.2) is 4.79 Å². The number of primary amides is 1. The molecule has 3 aromatic heterocycles. The Morgan fingerprint density at radius 2 is 2.00 bits per heavy atom. The van der Waals surface area contributed by atoms with Gasteiger partial charge in [0, 0.05) is 5.69 Å². The Hall–Kier alpha value is -3.40. The lowest BCUT2D eigenvalue weighted by Gasteiger charge is -2.06. The molecule has 0 aliphatic heterocycles. The second kappa shape index (κ2) is 8.54. The van der Waals surface area contributed by atoms with Crippen molar-refractivity contribution in [3.63, 3.8) is 0 Å². The number of amides is 2. The summed E-state index contributed by atoms with van der Waals surface area (Å²) in [5.74, 6) is -1.27. The Kier molecular flexibility index (Phi) is 6.06. The third-order valence-corrected chi connectivity index (χ3v) is 5.59. The Morgan fingerprint density at radius 3 is 2.60 bits per heavy atom. The van der Waals surface area contributed by atoms with E-state index in [-0.39, 0.29) is 27.8 Å². The summed E-state index contributed by atoms with van der Waals surface area (Å²) in [6, 6.07) is 5.17. The largest absolute Gasteiger partial charge is 0.462 e. The Balaban J connectivity index is 1.83. The highest BCUT2D eigenvalue weighted by Crippen LogP contribution is 2.34. The molecule has 3 heterocycles. The molecule has 30 heavy (non-hydrogen) atoms. The molecule has 3 rings (SSSR count). The quantitative estimate of drug-likeness (QED) is 0.554. The van der Waals surface area contributed by atoms with Crippen LogP contribution < -0.4 is 11.1 Å². The minimum atomic E-state index is -0.686. The van der Waals surface area contributed by atoms with E-state index in [1.54, 1.807) is 24.6 Å². The van der Waals surface area contributed by atoms with E-state index in [4.69, 9.17) is 14.9 Å². The van der Waals surface area contributed by atoms with Crippen molar-refractivity contribution in [2.75, 3.05) is 11.9 Å². The number of aromatic nitrogens is 2. The molecule has 0 unspecified atom stereocenters. The predicted octanol–water partition coefficient (Wildman–Crippen LogP) is 3.04. The highest BCUT2D eigenvalue weighted by atomic mass is 32.1. The maximum absolute atomic E-state index is 12.7. The number of aryl methyl sites for hydroxylation is 2. The van der Waals surface area contributed by atoms with Gasteiger partial charge in [-0.3, -0.25) is 14.3 Å². The van der Waals surface area contributed by atoms with E-state index in [0.29, 0.717) is 17.9 Å². The molecule has 0 aliphatic carbocycles. The van der Waals surface area contributed by atoms with Gasteiger partial charge in [-0.1, -0.05) is 0 Å². The number of carbonyl (C=O) groups is 3. The van der Waals surface area contributed by atoms with E-state index in [0.717, 1.165) is 22.7 Å². The van der Waals surface area contributed by atoms with E-state index < -0.39 is 17.8 Å². The molecule has 2 amide bonds. The number of esters is 1. The zero-order valence-electron chi connectivity index (χ0n) is 17.1. The van der Waals surface area contributed by atoms with Crippen molar-refractivity contribution in [2.45, 2.75) is 34.2 Å². The van der Waals surface area contributed by atoms with Gasteiger partial charge >= 0.3 is 5.97 Å². The molecular formula is C20H22N4O5S. The number of hydrogen-bond acceptors (Lipinski definition) is 7. The van der Waals surface area contributed by atoms with Gasteiger partial charge in [-0.05, 0) is 51.5 Å². The van der Waals surface area contributed by atoms with Crippen molar-refractivity contribution < 1.29 is 23.5 Å². The van der Waals surface area contributed by atoms with Gasteiger partial charge in [0.1, 0.15) is 10.8 Å². The highest BCUT2D eigenvalue weighted by molar-refractivity contribution is 7.18. The molecule has 0 atom stereocenters. The summed E-state index contributed by atoms with van der Waals surface area (Å²) in [5, 5.41) is 7.18. The van der Waals surface area contributed by atoms with Gasteiger partial charge in [0.25, 0.3) is 11.8 Å².